The lowest BCUT2D eigenvalue weighted by atomic mass is 9.71. The summed E-state index contributed by atoms with van der Waals surface area (Å²) in [5.74, 6) is 1.40. The van der Waals surface area contributed by atoms with Crippen LogP contribution in [0.15, 0.2) is 36.8 Å². The molecule has 3 rings (SSSR count). The highest BCUT2D eigenvalue weighted by Crippen LogP contribution is 2.45. The first-order valence-corrected chi connectivity index (χ1v) is 10.1. The maximum Gasteiger partial charge on any atom is 0.245 e. The molecule has 1 saturated carbocycles. The zero-order chi connectivity index (χ0) is 20.9. The van der Waals surface area contributed by atoms with Crippen LogP contribution in [-0.2, 0) is 4.79 Å². The van der Waals surface area contributed by atoms with Crippen LogP contribution in [0.1, 0.15) is 32.1 Å². The molecule has 2 fully saturated rings. The van der Waals surface area contributed by atoms with Crippen molar-refractivity contribution in [1.82, 2.24) is 20.2 Å². The van der Waals surface area contributed by atoms with Gasteiger partial charge in [0.1, 0.15) is 5.82 Å². The summed E-state index contributed by atoms with van der Waals surface area (Å²) in [6.07, 6.45) is 11.6. The van der Waals surface area contributed by atoms with Crippen molar-refractivity contribution in [2.45, 2.75) is 38.1 Å². The summed E-state index contributed by atoms with van der Waals surface area (Å²) in [7, 11) is 3.86. The van der Waals surface area contributed by atoms with Crippen molar-refractivity contribution >= 4 is 23.9 Å². The minimum atomic E-state index is 0.0544. The van der Waals surface area contributed by atoms with Crippen LogP contribution in [0.5, 0.6) is 0 Å². The van der Waals surface area contributed by atoms with Gasteiger partial charge in [0.15, 0.2) is 0 Å². The number of hydrogen-bond acceptors (Lipinski definition) is 7. The predicted molar refractivity (Wildman–Crippen MR) is 116 cm³/mol. The highest BCUT2D eigenvalue weighted by Gasteiger charge is 2.42. The van der Waals surface area contributed by atoms with Crippen molar-refractivity contribution in [3.8, 4) is 0 Å². The average molecular weight is 398 g/mol. The Kier molecular flexibility index (Phi) is 6.51. The predicted octanol–water partition coefficient (Wildman–Crippen LogP) is 2.38. The van der Waals surface area contributed by atoms with E-state index in [0.29, 0.717) is 17.7 Å². The Morgan fingerprint density at radius 2 is 2.17 bits per heavy atom. The fraction of sp³-hybridized carbons (Fsp3) is 0.524. The molecule has 2 heterocycles. The first kappa shape index (κ1) is 20.8. The summed E-state index contributed by atoms with van der Waals surface area (Å²) in [6.45, 7) is 5.32. The molecule has 2 aliphatic rings. The van der Waals surface area contributed by atoms with Gasteiger partial charge in [0.25, 0.3) is 0 Å². The molecule has 8 nitrogen and oxygen atoms in total. The molecule has 1 aromatic rings. The molecule has 0 atom stereocenters. The van der Waals surface area contributed by atoms with E-state index in [0.717, 1.165) is 51.0 Å². The molecule has 1 spiro atoms. The number of carbonyl (C=O) groups excluding carboxylic acids is 1. The third-order valence-electron chi connectivity index (χ3n) is 6.20. The minimum absolute atomic E-state index is 0.0544. The summed E-state index contributed by atoms with van der Waals surface area (Å²) in [6, 6.07) is 2.34. The monoisotopic (exact) mass is 397 g/mol. The first-order valence-electron chi connectivity index (χ1n) is 10.1. The lowest BCUT2D eigenvalue weighted by Crippen LogP contribution is -2.41. The maximum absolute atomic E-state index is 11.9. The zero-order valence-electron chi connectivity index (χ0n) is 17.3. The van der Waals surface area contributed by atoms with E-state index in [2.05, 4.69) is 39.1 Å². The maximum atomic E-state index is 11.9. The molecular formula is C21H31N7O. The summed E-state index contributed by atoms with van der Waals surface area (Å²) >= 11 is 0. The van der Waals surface area contributed by atoms with Crippen LogP contribution in [0.3, 0.4) is 0 Å². The van der Waals surface area contributed by atoms with Gasteiger partial charge in [-0.25, -0.2) is 4.98 Å². The van der Waals surface area contributed by atoms with Crippen molar-refractivity contribution in [3.63, 3.8) is 0 Å². The Hall–Kier alpha value is -2.90. The van der Waals surface area contributed by atoms with Gasteiger partial charge in [0, 0.05) is 51.8 Å². The molecule has 0 aromatic carbocycles. The van der Waals surface area contributed by atoms with E-state index < -0.39 is 0 Å². The molecule has 8 heteroatoms. The standard InChI is InChI=1S/C21H31N7O/c1-4-19(29)28-12-10-21(15-28)8-5-17(6-9-21)27(3)18-7-11-24-20(26-18)25-16(13-22)14-23-2/h4,7,11,13-14,17,22-23H,1,5-6,8-10,12,15H2,2-3H3,(H,24,25,26)/b16-14+,22-13?. The average Bonchev–Trinajstić information content (AvgIpc) is 3.16. The Bertz CT molecular complexity index is 783. The smallest absolute Gasteiger partial charge is 0.245 e. The van der Waals surface area contributed by atoms with E-state index in [9.17, 15) is 4.79 Å². The summed E-state index contributed by atoms with van der Waals surface area (Å²) in [4.78, 5) is 25.0. The molecule has 1 amide bonds. The van der Waals surface area contributed by atoms with Crippen LogP contribution >= 0.6 is 0 Å². The second-order valence-corrected chi connectivity index (χ2v) is 7.95. The number of nitrogens with one attached hydrogen (secondary N) is 3. The van der Waals surface area contributed by atoms with Gasteiger partial charge >= 0.3 is 0 Å². The molecule has 0 bridgehead atoms. The van der Waals surface area contributed by atoms with Crippen molar-refractivity contribution in [2.75, 3.05) is 37.4 Å². The van der Waals surface area contributed by atoms with Crippen LogP contribution in [0.4, 0.5) is 11.8 Å². The lowest BCUT2D eigenvalue weighted by Gasteiger charge is -2.40. The lowest BCUT2D eigenvalue weighted by molar-refractivity contribution is -0.125. The number of allylic oxidation sites excluding steroid dienone is 1. The number of hydrogen-bond donors (Lipinski definition) is 3. The largest absolute Gasteiger partial charge is 0.392 e. The normalized spacial score (nSPS) is 24.3. The van der Waals surface area contributed by atoms with Gasteiger partial charge in [-0.3, -0.25) is 4.79 Å². The molecular weight excluding hydrogens is 366 g/mol. The molecule has 1 aliphatic heterocycles. The van der Waals surface area contributed by atoms with Gasteiger partial charge in [-0.15, -0.1) is 0 Å². The SMILES string of the molecule is C=CC(=O)N1CCC2(CCC(N(C)c3ccnc(N/C(C=N)=C/NC)n3)CC2)C1. The number of likely N-dealkylation sites (tertiary alicyclic amines) is 1. The van der Waals surface area contributed by atoms with E-state index in [1.54, 1.807) is 19.4 Å². The highest BCUT2D eigenvalue weighted by atomic mass is 16.2. The Morgan fingerprint density at radius 1 is 1.41 bits per heavy atom. The van der Waals surface area contributed by atoms with Crippen molar-refractivity contribution in [1.29, 1.82) is 5.41 Å². The van der Waals surface area contributed by atoms with Gasteiger partial charge in [-0.1, -0.05) is 6.58 Å². The van der Waals surface area contributed by atoms with Gasteiger partial charge in [0.05, 0.1) is 5.70 Å². The molecule has 0 radical (unpaired) electrons. The van der Waals surface area contributed by atoms with Crippen LogP contribution in [0.25, 0.3) is 0 Å². The van der Waals surface area contributed by atoms with Crippen LogP contribution in [0.2, 0.25) is 0 Å². The van der Waals surface area contributed by atoms with E-state index >= 15 is 0 Å². The van der Waals surface area contributed by atoms with Gasteiger partial charge < -0.3 is 25.8 Å². The third-order valence-corrected chi connectivity index (χ3v) is 6.20. The highest BCUT2D eigenvalue weighted by molar-refractivity contribution is 5.87. The number of aromatic nitrogens is 2. The number of carbonyl (C=O) groups is 1. The topological polar surface area (TPSA) is 97.2 Å². The number of rotatable bonds is 7. The van der Waals surface area contributed by atoms with Crippen molar-refractivity contribution < 1.29 is 4.79 Å². The Morgan fingerprint density at radius 3 is 2.83 bits per heavy atom. The molecule has 156 valence electrons. The molecule has 3 N–H and O–H groups in total. The number of amides is 1. The second-order valence-electron chi connectivity index (χ2n) is 7.95. The van der Waals surface area contributed by atoms with Crippen molar-refractivity contribution in [2.24, 2.45) is 5.41 Å². The van der Waals surface area contributed by atoms with E-state index in [-0.39, 0.29) is 11.3 Å². The molecule has 1 aliphatic carbocycles. The van der Waals surface area contributed by atoms with Gasteiger partial charge in [-0.05, 0) is 49.7 Å². The van der Waals surface area contributed by atoms with E-state index in [4.69, 9.17) is 5.41 Å². The van der Waals surface area contributed by atoms with Gasteiger partial charge in [-0.2, -0.15) is 4.98 Å². The summed E-state index contributed by atoms with van der Waals surface area (Å²) < 4.78 is 0. The molecule has 29 heavy (non-hydrogen) atoms. The second kappa shape index (κ2) is 9.07. The molecule has 1 aromatic heterocycles. The molecule has 1 saturated heterocycles. The van der Waals surface area contributed by atoms with Crippen LogP contribution < -0.4 is 15.5 Å². The van der Waals surface area contributed by atoms with Gasteiger partial charge in [0.2, 0.25) is 11.9 Å². The molecule has 0 unspecified atom stereocenters. The third kappa shape index (κ3) is 4.75. The van der Waals surface area contributed by atoms with E-state index in [1.807, 2.05) is 11.0 Å². The summed E-state index contributed by atoms with van der Waals surface area (Å²) in [5, 5.41) is 13.4. The fourth-order valence-corrected chi connectivity index (χ4v) is 4.45. The Labute approximate surface area is 172 Å². The van der Waals surface area contributed by atoms with Crippen molar-refractivity contribution in [3.05, 3.63) is 36.8 Å². The fourth-order valence-electron chi connectivity index (χ4n) is 4.45. The van der Waals surface area contributed by atoms with E-state index in [1.165, 1.54) is 12.3 Å². The zero-order valence-corrected chi connectivity index (χ0v) is 17.3. The first-order chi connectivity index (χ1) is 14.0. The minimum Gasteiger partial charge on any atom is -0.392 e. The van der Waals surface area contributed by atoms with Crippen LogP contribution in [0, 0.1) is 10.8 Å². The Balaban J connectivity index is 1.61. The number of anilines is 2. The number of nitrogens with zero attached hydrogens (tertiary/aromatic N) is 4. The van der Waals surface area contributed by atoms with Crippen LogP contribution in [-0.4, -0.2) is 60.2 Å². The summed E-state index contributed by atoms with van der Waals surface area (Å²) in [5.41, 5.74) is 0.859. The quantitative estimate of drug-likeness (QED) is 0.483.